The van der Waals surface area contributed by atoms with Crippen molar-refractivity contribution >= 4 is 21.8 Å². The molecule has 1 amide bonds. The number of carbonyl (C=O) groups is 1. The number of alkyl halides is 1. The van der Waals surface area contributed by atoms with Gasteiger partial charge in [-0.25, -0.2) is 0 Å². The van der Waals surface area contributed by atoms with E-state index in [0.717, 1.165) is 11.1 Å². The Morgan fingerprint density at radius 1 is 1.43 bits per heavy atom. The molecule has 0 saturated heterocycles. The zero-order valence-corrected chi connectivity index (χ0v) is 9.50. The molecule has 0 heterocycles. The maximum atomic E-state index is 11.2. The molecule has 0 aromatic heterocycles. The highest BCUT2D eigenvalue weighted by Gasteiger charge is 2.01. The molecule has 0 atom stereocenters. The van der Waals surface area contributed by atoms with Crippen molar-refractivity contribution in [3.63, 3.8) is 0 Å². The normalized spacial score (nSPS) is 9.57. The van der Waals surface area contributed by atoms with Crippen LogP contribution in [0.15, 0.2) is 24.3 Å². The number of nitrogens with one attached hydrogen (secondary N) is 1. The lowest BCUT2D eigenvalue weighted by molar-refractivity contribution is 0.0963. The van der Waals surface area contributed by atoms with E-state index in [4.69, 9.17) is 4.74 Å². The third kappa shape index (κ3) is 3.03. The lowest BCUT2D eigenvalue weighted by Gasteiger charge is -2.04. The largest absolute Gasteiger partial charge is 0.493 e. The highest BCUT2D eigenvalue weighted by molar-refractivity contribution is 9.09. The minimum Gasteiger partial charge on any atom is -0.493 e. The lowest BCUT2D eigenvalue weighted by Crippen LogP contribution is -2.17. The van der Waals surface area contributed by atoms with Gasteiger partial charge in [0.25, 0.3) is 5.91 Å². The van der Waals surface area contributed by atoms with Gasteiger partial charge >= 0.3 is 0 Å². The summed E-state index contributed by atoms with van der Waals surface area (Å²) in [4.78, 5) is 11.2. The number of benzene rings is 1. The van der Waals surface area contributed by atoms with Crippen molar-refractivity contribution in [2.24, 2.45) is 0 Å². The summed E-state index contributed by atoms with van der Waals surface area (Å²) >= 11 is 3.27. The van der Waals surface area contributed by atoms with Crippen molar-refractivity contribution in [1.29, 1.82) is 0 Å². The molecule has 1 aromatic rings. The summed E-state index contributed by atoms with van der Waals surface area (Å²) in [5, 5.41) is 3.35. The molecule has 1 N–H and O–H groups in total. The molecule has 0 radical (unpaired) electrons. The number of hydrogen-bond donors (Lipinski definition) is 1. The van der Waals surface area contributed by atoms with Crippen LogP contribution in [0.5, 0.6) is 5.75 Å². The van der Waals surface area contributed by atoms with E-state index in [1.54, 1.807) is 31.3 Å². The number of amides is 1. The zero-order valence-electron chi connectivity index (χ0n) is 7.92. The molecule has 0 bridgehead atoms. The van der Waals surface area contributed by atoms with E-state index >= 15 is 0 Å². The van der Waals surface area contributed by atoms with Crippen molar-refractivity contribution < 1.29 is 9.53 Å². The molecule has 0 fully saturated rings. The molecule has 0 unspecified atom stereocenters. The summed E-state index contributed by atoms with van der Waals surface area (Å²) in [5.74, 6) is 0.689. The third-order valence-electron chi connectivity index (χ3n) is 1.69. The van der Waals surface area contributed by atoms with E-state index in [-0.39, 0.29) is 5.91 Å². The fourth-order valence-corrected chi connectivity index (χ4v) is 1.17. The van der Waals surface area contributed by atoms with Gasteiger partial charge < -0.3 is 10.1 Å². The number of hydrogen-bond acceptors (Lipinski definition) is 2. The van der Waals surface area contributed by atoms with Gasteiger partial charge in [-0.2, -0.15) is 0 Å². The van der Waals surface area contributed by atoms with Crippen LogP contribution in [0.4, 0.5) is 0 Å². The van der Waals surface area contributed by atoms with Crippen LogP contribution in [0.3, 0.4) is 0 Å². The van der Waals surface area contributed by atoms with Crippen molar-refractivity contribution in [2.75, 3.05) is 19.0 Å². The fraction of sp³-hybridized carbons (Fsp3) is 0.300. The van der Waals surface area contributed by atoms with Gasteiger partial charge in [0.2, 0.25) is 0 Å². The first-order valence-corrected chi connectivity index (χ1v) is 5.41. The second kappa shape index (κ2) is 5.65. The summed E-state index contributed by atoms with van der Waals surface area (Å²) in [5.41, 5.74) is 0.638. The van der Waals surface area contributed by atoms with E-state index in [0.29, 0.717) is 12.2 Å². The van der Waals surface area contributed by atoms with Crippen LogP contribution in [-0.4, -0.2) is 24.9 Å². The fourth-order valence-electron chi connectivity index (χ4n) is 1.00. The lowest BCUT2D eigenvalue weighted by atomic mass is 10.2. The molecule has 0 spiro atoms. The van der Waals surface area contributed by atoms with Gasteiger partial charge in [-0.15, -0.1) is 0 Å². The summed E-state index contributed by atoms with van der Waals surface area (Å²) in [6.45, 7) is 0.624. The van der Waals surface area contributed by atoms with Crippen molar-refractivity contribution in [1.82, 2.24) is 5.32 Å². The molecular formula is C10H12BrNO2. The van der Waals surface area contributed by atoms with Gasteiger partial charge in [-0.05, 0) is 24.3 Å². The Labute approximate surface area is 91.6 Å². The molecule has 1 aromatic carbocycles. The smallest absolute Gasteiger partial charge is 0.251 e. The van der Waals surface area contributed by atoms with Gasteiger partial charge in [-0.3, -0.25) is 4.79 Å². The highest BCUT2D eigenvalue weighted by Crippen LogP contribution is 2.12. The third-order valence-corrected chi connectivity index (χ3v) is 2.01. The molecule has 0 saturated carbocycles. The van der Waals surface area contributed by atoms with E-state index < -0.39 is 0 Å². The van der Waals surface area contributed by atoms with Crippen LogP contribution >= 0.6 is 15.9 Å². The highest BCUT2D eigenvalue weighted by atomic mass is 79.9. The molecule has 1 rings (SSSR count). The summed E-state index contributed by atoms with van der Waals surface area (Å²) in [6.07, 6.45) is 0. The van der Waals surface area contributed by atoms with Crippen LogP contribution in [0.2, 0.25) is 0 Å². The molecule has 0 aliphatic rings. The van der Waals surface area contributed by atoms with Crippen LogP contribution in [0.1, 0.15) is 10.4 Å². The van der Waals surface area contributed by atoms with Gasteiger partial charge in [0.05, 0.1) is 6.61 Å². The number of halogens is 1. The first-order valence-electron chi connectivity index (χ1n) is 4.29. The number of carbonyl (C=O) groups excluding carboxylic acids is 1. The number of rotatable bonds is 4. The predicted molar refractivity (Wildman–Crippen MR) is 59.1 cm³/mol. The van der Waals surface area contributed by atoms with Crippen LogP contribution < -0.4 is 10.1 Å². The Balaban J connectivity index is 2.63. The Kier molecular flexibility index (Phi) is 4.46. The first kappa shape index (κ1) is 11.0. The predicted octanol–water partition coefficient (Wildman–Crippen LogP) is 1.82. The van der Waals surface area contributed by atoms with E-state index in [9.17, 15) is 4.79 Å². The maximum Gasteiger partial charge on any atom is 0.251 e. The van der Waals surface area contributed by atoms with Crippen LogP contribution in [0.25, 0.3) is 0 Å². The average molecular weight is 258 g/mol. The van der Waals surface area contributed by atoms with Gasteiger partial charge in [0.1, 0.15) is 5.75 Å². The van der Waals surface area contributed by atoms with E-state index in [1.807, 2.05) is 0 Å². The molecule has 0 aliphatic carbocycles. The molecule has 14 heavy (non-hydrogen) atoms. The summed E-state index contributed by atoms with van der Waals surface area (Å²) in [6, 6.07) is 7.05. The topological polar surface area (TPSA) is 38.3 Å². The minimum absolute atomic E-state index is 0.0861. The van der Waals surface area contributed by atoms with Crippen molar-refractivity contribution in [3.05, 3.63) is 29.8 Å². The average Bonchev–Trinajstić information content (AvgIpc) is 2.26. The van der Waals surface area contributed by atoms with Crippen molar-refractivity contribution in [3.8, 4) is 5.75 Å². The zero-order chi connectivity index (χ0) is 10.4. The van der Waals surface area contributed by atoms with Gasteiger partial charge in [0, 0.05) is 17.9 Å². The molecular weight excluding hydrogens is 246 g/mol. The maximum absolute atomic E-state index is 11.2. The monoisotopic (exact) mass is 257 g/mol. The van der Waals surface area contributed by atoms with Crippen LogP contribution in [0, 0.1) is 0 Å². The Morgan fingerprint density at radius 2 is 2.07 bits per heavy atom. The Morgan fingerprint density at radius 3 is 2.57 bits per heavy atom. The Hall–Kier alpha value is -1.03. The number of ether oxygens (including phenoxy) is 1. The van der Waals surface area contributed by atoms with Gasteiger partial charge in [-0.1, -0.05) is 15.9 Å². The quantitative estimate of drug-likeness (QED) is 0.836. The standard InChI is InChI=1S/C10H12BrNO2/c1-12-10(13)8-2-4-9(5-3-8)14-7-6-11/h2-5H,6-7H2,1H3,(H,12,13). The minimum atomic E-state index is -0.0861. The summed E-state index contributed by atoms with van der Waals surface area (Å²) in [7, 11) is 1.61. The van der Waals surface area contributed by atoms with Gasteiger partial charge in [0.15, 0.2) is 0 Å². The summed E-state index contributed by atoms with van der Waals surface area (Å²) < 4.78 is 5.34. The first-order chi connectivity index (χ1) is 6.77. The molecule has 4 heteroatoms. The van der Waals surface area contributed by atoms with Crippen molar-refractivity contribution in [2.45, 2.75) is 0 Å². The van der Waals surface area contributed by atoms with E-state index in [2.05, 4.69) is 21.2 Å². The second-order valence-electron chi connectivity index (χ2n) is 2.64. The van der Waals surface area contributed by atoms with Crippen LogP contribution in [-0.2, 0) is 0 Å². The van der Waals surface area contributed by atoms with E-state index in [1.165, 1.54) is 0 Å². The second-order valence-corrected chi connectivity index (χ2v) is 3.43. The SMILES string of the molecule is CNC(=O)c1ccc(OCCBr)cc1. The molecule has 76 valence electrons. The molecule has 0 aliphatic heterocycles. The Bertz CT molecular complexity index is 297. The molecule has 3 nitrogen and oxygen atoms in total.